The molecule has 1 N–H and O–H groups in total. The fraction of sp³-hybridized carbons (Fsp3) is 0.250. The lowest BCUT2D eigenvalue weighted by molar-refractivity contribution is 0.588. The molecule has 0 saturated heterocycles. The molecule has 1 heterocycles. The van der Waals surface area contributed by atoms with E-state index in [2.05, 4.69) is 10.3 Å². The summed E-state index contributed by atoms with van der Waals surface area (Å²) in [4.78, 5) is 5.33. The Hall–Kier alpha value is -0.970. The number of hydrogen-bond acceptors (Lipinski definition) is 3. The van der Waals surface area contributed by atoms with Crippen LogP contribution in [0.2, 0.25) is 5.02 Å². The predicted octanol–water partition coefficient (Wildman–Crippen LogP) is 3.53. The molecule has 0 saturated carbocycles. The zero-order valence-electron chi connectivity index (χ0n) is 9.34. The van der Waals surface area contributed by atoms with Crippen LogP contribution < -0.4 is 5.32 Å². The first kappa shape index (κ1) is 12.5. The SMILES string of the molecule is Cc1ncsc1CNCc1cc(Cl)ccc1F. The van der Waals surface area contributed by atoms with Crippen molar-refractivity contribution in [3.05, 3.63) is 50.7 Å². The third-order valence-corrected chi connectivity index (χ3v) is 3.62. The maximum Gasteiger partial charge on any atom is 0.127 e. The molecule has 0 radical (unpaired) electrons. The molecule has 1 aromatic heterocycles. The summed E-state index contributed by atoms with van der Waals surface area (Å²) in [6, 6.07) is 4.58. The number of halogens is 2. The molecule has 17 heavy (non-hydrogen) atoms. The summed E-state index contributed by atoms with van der Waals surface area (Å²) in [5, 5.41) is 3.74. The van der Waals surface area contributed by atoms with Gasteiger partial charge in [-0.25, -0.2) is 9.37 Å². The average Bonchev–Trinajstić information content (AvgIpc) is 2.70. The Labute approximate surface area is 108 Å². The molecule has 0 unspecified atom stereocenters. The normalized spacial score (nSPS) is 10.8. The predicted molar refractivity (Wildman–Crippen MR) is 68.8 cm³/mol. The van der Waals surface area contributed by atoms with Gasteiger partial charge in [-0.1, -0.05) is 11.6 Å². The van der Waals surface area contributed by atoms with Crippen LogP contribution in [-0.4, -0.2) is 4.98 Å². The second-order valence-corrected chi connectivity index (χ2v) is 5.08. The molecule has 2 nitrogen and oxygen atoms in total. The molecule has 0 atom stereocenters. The van der Waals surface area contributed by atoms with Crippen molar-refractivity contribution in [2.75, 3.05) is 0 Å². The number of benzene rings is 1. The minimum atomic E-state index is -0.233. The number of nitrogens with zero attached hydrogens (tertiary/aromatic N) is 1. The highest BCUT2D eigenvalue weighted by Gasteiger charge is 2.04. The topological polar surface area (TPSA) is 24.9 Å². The largest absolute Gasteiger partial charge is 0.308 e. The van der Waals surface area contributed by atoms with Gasteiger partial charge < -0.3 is 5.32 Å². The van der Waals surface area contributed by atoms with Gasteiger partial charge in [0, 0.05) is 28.6 Å². The number of aryl methyl sites for hydroxylation is 1. The van der Waals surface area contributed by atoms with E-state index in [-0.39, 0.29) is 5.82 Å². The van der Waals surface area contributed by atoms with Crippen LogP contribution in [0.4, 0.5) is 4.39 Å². The number of hydrogen-bond donors (Lipinski definition) is 1. The molecule has 1 aromatic carbocycles. The van der Waals surface area contributed by atoms with E-state index in [4.69, 9.17) is 11.6 Å². The number of thiazole rings is 1. The van der Waals surface area contributed by atoms with Gasteiger partial charge in [-0.3, -0.25) is 0 Å². The van der Waals surface area contributed by atoms with E-state index in [1.165, 1.54) is 10.9 Å². The van der Waals surface area contributed by atoms with E-state index in [0.717, 1.165) is 5.69 Å². The number of aromatic nitrogens is 1. The minimum absolute atomic E-state index is 0.233. The van der Waals surface area contributed by atoms with Crippen LogP contribution in [0.3, 0.4) is 0 Å². The van der Waals surface area contributed by atoms with Gasteiger partial charge in [0.05, 0.1) is 11.2 Å². The second-order valence-electron chi connectivity index (χ2n) is 3.70. The second kappa shape index (κ2) is 5.58. The van der Waals surface area contributed by atoms with Crippen molar-refractivity contribution in [3.63, 3.8) is 0 Å². The number of nitrogens with one attached hydrogen (secondary N) is 1. The van der Waals surface area contributed by atoms with Crippen molar-refractivity contribution in [2.45, 2.75) is 20.0 Å². The quantitative estimate of drug-likeness (QED) is 0.919. The molecule has 0 aliphatic carbocycles. The van der Waals surface area contributed by atoms with Crippen molar-refractivity contribution in [1.29, 1.82) is 0 Å². The standard InChI is InChI=1S/C12H12ClFN2S/c1-8-12(17-7-16-8)6-15-5-9-4-10(13)2-3-11(9)14/h2-4,7,15H,5-6H2,1H3. The van der Waals surface area contributed by atoms with Gasteiger partial charge in [0.1, 0.15) is 5.82 Å². The van der Waals surface area contributed by atoms with E-state index < -0.39 is 0 Å². The van der Waals surface area contributed by atoms with Crippen LogP contribution in [0, 0.1) is 12.7 Å². The summed E-state index contributed by atoms with van der Waals surface area (Å²) in [6.45, 7) is 3.12. The first-order valence-electron chi connectivity index (χ1n) is 5.20. The van der Waals surface area contributed by atoms with Gasteiger partial charge >= 0.3 is 0 Å². The molecule has 2 aromatic rings. The highest BCUT2D eigenvalue weighted by molar-refractivity contribution is 7.09. The summed E-state index contributed by atoms with van der Waals surface area (Å²) in [5.41, 5.74) is 3.42. The van der Waals surface area contributed by atoms with Gasteiger partial charge in [0.15, 0.2) is 0 Å². The lowest BCUT2D eigenvalue weighted by Gasteiger charge is -2.05. The van der Waals surface area contributed by atoms with Crippen LogP contribution >= 0.6 is 22.9 Å². The maximum absolute atomic E-state index is 13.4. The Bertz CT molecular complexity index is 513. The summed E-state index contributed by atoms with van der Waals surface area (Å²) >= 11 is 7.42. The fourth-order valence-electron chi connectivity index (χ4n) is 1.49. The Morgan fingerprint density at radius 1 is 1.41 bits per heavy atom. The van der Waals surface area contributed by atoms with Crippen molar-refractivity contribution in [3.8, 4) is 0 Å². The molecule has 0 spiro atoms. The highest BCUT2D eigenvalue weighted by atomic mass is 35.5. The smallest absolute Gasteiger partial charge is 0.127 e. The Kier molecular flexibility index (Phi) is 4.10. The van der Waals surface area contributed by atoms with Gasteiger partial charge in [-0.2, -0.15) is 0 Å². The summed E-state index contributed by atoms with van der Waals surface area (Å²) < 4.78 is 13.4. The van der Waals surface area contributed by atoms with E-state index in [1.807, 2.05) is 12.4 Å². The molecular formula is C12H12ClFN2S. The van der Waals surface area contributed by atoms with Crippen LogP contribution in [0.5, 0.6) is 0 Å². The van der Waals surface area contributed by atoms with Gasteiger partial charge in [-0.15, -0.1) is 11.3 Å². The minimum Gasteiger partial charge on any atom is -0.308 e. The van der Waals surface area contributed by atoms with Crippen LogP contribution in [-0.2, 0) is 13.1 Å². The molecule has 0 fully saturated rings. The summed E-state index contributed by atoms with van der Waals surface area (Å²) in [5.74, 6) is -0.233. The molecule has 0 aliphatic heterocycles. The molecular weight excluding hydrogens is 259 g/mol. The van der Waals surface area contributed by atoms with Crippen LogP contribution in [0.1, 0.15) is 16.1 Å². The molecule has 2 rings (SSSR count). The van der Waals surface area contributed by atoms with E-state index in [1.54, 1.807) is 23.5 Å². The van der Waals surface area contributed by atoms with Crippen molar-refractivity contribution in [2.24, 2.45) is 0 Å². The average molecular weight is 271 g/mol. The van der Waals surface area contributed by atoms with Crippen molar-refractivity contribution in [1.82, 2.24) is 10.3 Å². The molecule has 0 aliphatic rings. The lowest BCUT2D eigenvalue weighted by Crippen LogP contribution is -2.13. The summed E-state index contributed by atoms with van der Waals surface area (Å²) in [7, 11) is 0. The third-order valence-electron chi connectivity index (χ3n) is 2.45. The van der Waals surface area contributed by atoms with Gasteiger partial charge in [-0.05, 0) is 25.1 Å². The number of rotatable bonds is 4. The monoisotopic (exact) mass is 270 g/mol. The van der Waals surface area contributed by atoms with Gasteiger partial charge in [0.25, 0.3) is 0 Å². The van der Waals surface area contributed by atoms with Crippen molar-refractivity contribution >= 4 is 22.9 Å². The maximum atomic E-state index is 13.4. The Morgan fingerprint density at radius 2 is 2.24 bits per heavy atom. The molecule has 0 amide bonds. The molecule has 90 valence electrons. The zero-order valence-corrected chi connectivity index (χ0v) is 10.9. The lowest BCUT2D eigenvalue weighted by atomic mass is 10.2. The highest BCUT2D eigenvalue weighted by Crippen LogP contribution is 2.15. The molecule has 0 bridgehead atoms. The van der Waals surface area contributed by atoms with Crippen LogP contribution in [0.15, 0.2) is 23.7 Å². The fourth-order valence-corrected chi connectivity index (χ4v) is 2.43. The Balaban J connectivity index is 1.94. The third kappa shape index (κ3) is 3.25. The van der Waals surface area contributed by atoms with Crippen LogP contribution in [0.25, 0.3) is 0 Å². The van der Waals surface area contributed by atoms with E-state index in [0.29, 0.717) is 23.7 Å². The first-order chi connectivity index (χ1) is 8.16. The summed E-state index contributed by atoms with van der Waals surface area (Å²) in [6.07, 6.45) is 0. The van der Waals surface area contributed by atoms with Gasteiger partial charge in [0.2, 0.25) is 0 Å². The Morgan fingerprint density at radius 3 is 2.94 bits per heavy atom. The van der Waals surface area contributed by atoms with Crippen molar-refractivity contribution < 1.29 is 4.39 Å². The van der Waals surface area contributed by atoms with E-state index in [9.17, 15) is 4.39 Å². The molecule has 5 heteroatoms. The first-order valence-corrected chi connectivity index (χ1v) is 6.46. The zero-order chi connectivity index (χ0) is 12.3. The van der Waals surface area contributed by atoms with E-state index >= 15 is 0 Å².